The van der Waals surface area contributed by atoms with Gasteiger partial charge in [0.15, 0.2) is 0 Å². The van der Waals surface area contributed by atoms with E-state index in [0.717, 1.165) is 22.4 Å². The number of amides is 2. The molecule has 4 rings (SSSR count). The number of benzene rings is 2. The molecule has 1 aliphatic heterocycles. The van der Waals surface area contributed by atoms with Gasteiger partial charge in [0.05, 0.1) is 11.0 Å². The molecule has 0 unspecified atom stereocenters. The molecule has 0 radical (unpaired) electrons. The number of imidazole rings is 1. The van der Waals surface area contributed by atoms with Crippen molar-refractivity contribution < 1.29 is 9.59 Å². The van der Waals surface area contributed by atoms with Gasteiger partial charge in [-0.15, -0.1) is 0 Å². The molecule has 27 heavy (non-hydrogen) atoms. The molecule has 6 nitrogen and oxygen atoms in total. The maximum absolute atomic E-state index is 12.8. The average Bonchev–Trinajstić information content (AvgIpc) is 3.07. The fourth-order valence-electron chi connectivity index (χ4n) is 3.44. The van der Waals surface area contributed by atoms with Crippen molar-refractivity contribution in [1.29, 1.82) is 0 Å². The number of fused-ring (bicyclic) bond motifs is 1. The molecule has 1 N–H and O–H groups in total. The molecule has 3 aromatic rings. The Morgan fingerprint density at radius 3 is 2.04 bits per heavy atom. The van der Waals surface area contributed by atoms with Gasteiger partial charge in [-0.3, -0.25) is 9.59 Å². The summed E-state index contributed by atoms with van der Waals surface area (Å²) in [6, 6.07) is 13.1. The quantitative estimate of drug-likeness (QED) is 0.762. The van der Waals surface area contributed by atoms with Crippen molar-refractivity contribution in [3.8, 4) is 0 Å². The molecular weight excluding hydrogens is 340 g/mol. The van der Waals surface area contributed by atoms with E-state index >= 15 is 0 Å². The lowest BCUT2D eigenvalue weighted by Gasteiger charge is -2.35. The summed E-state index contributed by atoms with van der Waals surface area (Å²) >= 11 is 0. The molecule has 2 amide bonds. The SMILES string of the molecule is Cc1ccc(C(=O)N2CCN(C(=O)c3ccc4nc(C)[nH]c4c3)CC2)cc1. The molecule has 0 bridgehead atoms. The zero-order valence-electron chi connectivity index (χ0n) is 15.5. The van der Waals surface area contributed by atoms with Crippen molar-refractivity contribution in [2.24, 2.45) is 0 Å². The normalized spacial score (nSPS) is 14.6. The summed E-state index contributed by atoms with van der Waals surface area (Å²) in [5.74, 6) is 0.848. The van der Waals surface area contributed by atoms with Gasteiger partial charge < -0.3 is 14.8 Å². The predicted molar refractivity (Wildman–Crippen MR) is 104 cm³/mol. The molecule has 2 aromatic carbocycles. The minimum absolute atomic E-state index is 0.00779. The highest BCUT2D eigenvalue weighted by molar-refractivity contribution is 5.98. The van der Waals surface area contributed by atoms with Crippen LogP contribution < -0.4 is 0 Å². The van der Waals surface area contributed by atoms with Crippen LogP contribution in [-0.2, 0) is 0 Å². The van der Waals surface area contributed by atoms with E-state index in [9.17, 15) is 9.59 Å². The fraction of sp³-hybridized carbons (Fsp3) is 0.286. The highest BCUT2D eigenvalue weighted by Gasteiger charge is 2.25. The fourth-order valence-corrected chi connectivity index (χ4v) is 3.44. The van der Waals surface area contributed by atoms with E-state index in [1.54, 1.807) is 0 Å². The number of aryl methyl sites for hydroxylation is 2. The van der Waals surface area contributed by atoms with Gasteiger partial charge in [-0.05, 0) is 44.2 Å². The van der Waals surface area contributed by atoms with Crippen LogP contribution in [0.5, 0.6) is 0 Å². The second-order valence-electron chi connectivity index (χ2n) is 7.00. The lowest BCUT2D eigenvalue weighted by atomic mass is 10.1. The summed E-state index contributed by atoms with van der Waals surface area (Å²) in [7, 11) is 0. The van der Waals surface area contributed by atoms with E-state index in [0.29, 0.717) is 37.3 Å². The highest BCUT2D eigenvalue weighted by atomic mass is 16.2. The maximum atomic E-state index is 12.8. The summed E-state index contributed by atoms with van der Waals surface area (Å²) < 4.78 is 0. The number of carbonyl (C=O) groups is 2. The Kier molecular flexibility index (Phi) is 4.39. The zero-order chi connectivity index (χ0) is 19.0. The monoisotopic (exact) mass is 362 g/mol. The van der Waals surface area contributed by atoms with Crippen LogP contribution in [0.1, 0.15) is 32.1 Å². The summed E-state index contributed by atoms with van der Waals surface area (Å²) in [4.78, 5) is 36.6. The van der Waals surface area contributed by atoms with Crippen LogP contribution in [0.3, 0.4) is 0 Å². The van der Waals surface area contributed by atoms with Gasteiger partial charge in [0.2, 0.25) is 0 Å². The van der Waals surface area contributed by atoms with E-state index in [1.807, 2.05) is 66.1 Å². The van der Waals surface area contributed by atoms with E-state index in [4.69, 9.17) is 0 Å². The van der Waals surface area contributed by atoms with Gasteiger partial charge in [-0.1, -0.05) is 17.7 Å². The first-order valence-electron chi connectivity index (χ1n) is 9.13. The zero-order valence-corrected chi connectivity index (χ0v) is 15.5. The third kappa shape index (κ3) is 3.43. The molecule has 0 saturated carbocycles. The van der Waals surface area contributed by atoms with Gasteiger partial charge in [0.1, 0.15) is 5.82 Å². The third-order valence-corrected chi connectivity index (χ3v) is 5.00. The number of nitrogens with zero attached hydrogens (tertiary/aromatic N) is 3. The van der Waals surface area contributed by atoms with Crippen molar-refractivity contribution >= 4 is 22.8 Å². The Labute approximate surface area is 157 Å². The Balaban J connectivity index is 1.42. The van der Waals surface area contributed by atoms with Crippen LogP contribution in [-0.4, -0.2) is 57.8 Å². The molecule has 6 heteroatoms. The van der Waals surface area contributed by atoms with Gasteiger partial charge in [-0.25, -0.2) is 4.98 Å². The van der Waals surface area contributed by atoms with Gasteiger partial charge >= 0.3 is 0 Å². The topological polar surface area (TPSA) is 69.3 Å². The first-order valence-corrected chi connectivity index (χ1v) is 9.13. The number of rotatable bonds is 2. The van der Waals surface area contributed by atoms with Crippen molar-refractivity contribution in [3.05, 3.63) is 65.0 Å². The molecule has 0 spiro atoms. The van der Waals surface area contributed by atoms with Gasteiger partial charge in [-0.2, -0.15) is 0 Å². The van der Waals surface area contributed by atoms with Crippen LogP contribution in [0, 0.1) is 13.8 Å². The molecule has 0 aliphatic carbocycles. The number of aromatic nitrogens is 2. The number of nitrogens with one attached hydrogen (secondary N) is 1. The number of piperazine rings is 1. The Bertz CT molecular complexity index is 999. The van der Waals surface area contributed by atoms with Crippen LogP contribution in [0.2, 0.25) is 0 Å². The predicted octanol–water partition coefficient (Wildman–Crippen LogP) is 2.78. The molecular formula is C21H22N4O2. The Morgan fingerprint density at radius 1 is 0.852 bits per heavy atom. The molecule has 0 atom stereocenters. The molecule has 1 saturated heterocycles. The van der Waals surface area contributed by atoms with E-state index in [1.165, 1.54) is 0 Å². The second-order valence-corrected chi connectivity index (χ2v) is 7.00. The number of H-pyrrole nitrogens is 1. The molecule has 2 heterocycles. The van der Waals surface area contributed by atoms with Crippen LogP contribution >= 0.6 is 0 Å². The van der Waals surface area contributed by atoms with E-state index < -0.39 is 0 Å². The second kappa shape index (κ2) is 6.87. The Hall–Kier alpha value is -3.15. The van der Waals surface area contributed by atoms with Gasteiger partial charge in [0.25, 0.3) is 11.8 Å². The highest BCUT2D eigenvalue weighted by Crippen LogP contribution is 2.17. The Morgan fingerprint density at radius 2 is 1.41 bits per heavy atom. The van der Waals surface area contributed by atoms with Crippen molar-refractivity contribution in [1.82, 2.24) is 19.8 Å². The average molecular weight is 362 g/mol. The molecule has 1 aromatic heterocycles. The summed E-state index contributed by atoms with van der Waals surface area (Å²) in [5, 5.41) is 0. The third-order valence-electron chi connectivity index (χ3n) is 5.00. The minimum atomic E-state index is -0.00779. The molecule has 138 valence electrons. The summed E-state index contributed by atoms with van der Waals surface area (Å²) in [6.45, 7) is 6.06. The summed E-state index contributed by atoms with van der Waals surface area (Å²) in [5.41, 5.74) is 4.19. The standard InChI is InChI=1S/C21H22N4O2/c1-14-3-5-16(6-4-14)20(26)24-9-11-25(12-10-24)21(27)17-7-8-18-19(13-17)23-15(2)22-18/h3-8,13H,9-12H2,1-2H3,(H,22,23). The first-order chi connectivity index (χ1) is 13.0. The number of hydrogen-bond acceptors (Lipinski definition) is 3. The minimum Gasteiger partial charge on any atom is -0.342 e. The molecule has 1 aliphatic rings. The number of carbonyl (C=O) groups excluding carboxylic acids is 2. The lowest BCUT2D eigenvalue weighted by molar-refractivity contribution is 0.0535. The molecule has 1 fully saturated rings. The first kappa shape index (κ1) is 17.3. The van der Waals surface area contributed by atoms with Crippen molar-refractivity contribution in [2.45, 2.75) is 13.8 Å². The van der Waals surface area contributed by atoms with E-state index in [-0.39, 0.29) is 11.8 Å². The van der Waals surface area contributed by atoms with Crippen LogP contribution in [0.25, 0.3) is 11.0 Å². The van der Waals surface area contributed by atoms with E-state index in [2.05, 4.69) is 9.97 Å². The van der Waals surface area contributed by atoms with Gasteiger partial charge in [0, 0.05) is 37.3 Å². The van der Waals surface area contributed by atoms with Crippen molar-refractivity contribution in [3.63, 3.8) is 0 Å². The number of aromatic amines is 1. The van der Waals surface area contributed by atoms with Crippen LogP contribution in [0.15, 0.2) is 42.5 Å². The largest absolute Gasteiger partial charge is 0.342 e. The van der Waals surface area contributed by atoms with Crippen molar-refractivity contribution in [2.75, 3.05) is 26.2 Å². The lowest BCUT2D eigenvalue weighted by Crippen LogP contribution is -2.50. The maximum Gasteiger partial charge on any atom is 0.254 e. The smallest absolute Gasteiger partial charge is 0.254 e. The number of hydrogen-bond donors (Lipinski definition) is 1. The van der Waals surface area contributed by atoms with Crippen LogP contribution in [0.4, 0.5) is 0 Å². The summed E-state index contributed by atoms with van der Waals surface area (Å²) in [6.07, 6.45) is 0.